The number of fused-ring (bicyclic) bond motifs is 15. The van der Waals surface area contributed by atoms with Gasteiger partial charge in [-0.1, -0.05) is 192 Å². The molecule has 4 aliphatic rings. The van der Waals surface area contributed by atoms with E-state index in [9.17, 15) is 0 Å². The Hall–Kier alpha value is -6.10. The van der Waals surface area contributed by atoms with Gasteiger partial charge < -0.3 is 9.80 Å². The smallest absolute Gasteiger partial charge is 0.264 e. The molecule has 1 aromatic heterocycles. The molecule has 0 saturated heterocycles. The summed E-state index contributed by atoms with van der Waals surface area (Å²) in [7, 11) is 0. The first kappa shape index (κ1) is 42.3. The van der Waals surface area contributed by atoms with E-state index in [2.05, 4.69) is 256 Å². The molecule has 332 valence electrons. The third-order valence-corrected chi connectivity index (χ3v) is 16.9. The number of benzene rings is 7. The fourth-order valence-corrected chi connectivity index (χ4v) is 13.6. The summed E-state index contributed by atoms with van der Waals surface area (Å²) in [6.07, 6.45) is 0. The Morgan fingerprint density at radius 1 is 0.418 bits per heavy atom. The van der Waals surface area contributed by atoms with E-state index >= 15 is 0 Å². The third-order valence-electron chi connectivity index (χ3n) is 15.5. The van der Waals surface area contributed by atoms with Crippen LogP contribution in [0.25, 0.3) is 22.3 Å². The molecule has 2 aliphatic carbocycles. The molecule has 0 amide bonds. The largest absolute Gasteiger partial charge is 0.311 e. The van der Waals surface area contributed by atoms with Crippen molar-refractivity contribution in [2.24, 2.45) is 0 Å². The first-order valence-corrected chi connectivity index (χ1v) is 25.2. The van der Waals surface area contributed by atoms with Crippen LogP contribution in [0.1, 0.15) is 127 Å². The number of anilines is 6. The molecule has 4 heteroatoms. The minimum atomic E-state index is -0.442. The molecule has 0 radical (unpaired) electrons. The zero-order valence-corrected chi connectivity index (χ0v) is 42.1. The van der Waals surface area contributed by atoms with Crippen molar-refractivity contribution in [1.82, 2.24) is 0 Å². The fraction of sp³-hybridized carbons (Fsp3) is 0.270. The van der Waals surface area contributed by atoms with E-state index in [1.807, 2.05) is 0 Å². The predicted molar refractivity (Wildman–Crippen MR) is 289 cm³/mol. The molecule has 67 heavy (non-hydrogen) atoms. The minimum Gasteiger partial charge on any atom is -0.311 e. The van der Waals surface area contributed by atoms with Gasteiger partial charge in [0, 0.05) is 43.7 Å². The van der Waals surface area contributed by atoms with E-state index in [4.69, 9.17) is 0 Å². The highest BCUT2D eigenvalue weighted by molar-refractivity contribution is 7.30. The quantitative estimate of drug-likeness (QED) is 0.160. The van der Waals surface area contributed by atoms with Crippen LogP contribution >= 0.6 is 11.3 Å². The van der Waals surface area contributed by atoms with Crippen LogP contribution in [0.3, 0.4) is 0 Å². The van der Waals surface area contributed by atoms with Gasteiger partial charge >= 0.3 is 0 Å². The summed E-state index contributed by atoms with van der Waals surface area (Å²) in [6.45, 7) is 28.1. The first-order chi connectivity index (χ1) is 31.8. The highest BCUT2D eigenvalue weighted by Crippen LogP contribution is 2.67. The van der Waals surface area contributed by atoms with E-state index in [0.29, 0.717) is 0 Å². The van der Waals surface area contributed by atoms with E-state index in [1.165, 1.54) is 116 Å². The zero-order chi connectivity index (χ0) is 46.7. The van der Waals surface area contributed by atoms with Gasteiger partial charge in [-0.2, -0.15) is 0 Å². The molecule has 0 bridgehead atoms. The van der Waals surface area contributed by atoms with Crippen molar-refractivity contribution in [3.8, 4) is 22.3 Å². The molecule has 3 heterocycles. The van der Waals surface area contributed by atoms with Gasteiger partial charge in [-0.15, -0.1) is 11.3 Å². The van der Waals surface area contributed by atoms with E-state index in [0.717, 1.165) is 0 Å². The molecule has 1 spiro atoms. The molecule has 12 rings (SSSR count). The highest BCUT2D eigenvalue weighted by Gasteiger charge is 2.57. The summed E-state index contributed by atoms with van der Waals surface area (Å²) in [4.78, 5) is 6.75. The van der Waals surface area contributed by atoms with Crippen LogP contribution in [0, 0.1) is 0 Å². The normalized spacial score (nSPS) is 15.2. The number of hydrogen-bond donors (Lipinski definition) is 0. The lowest BCUT2D eigenvalue weighted by Gasteiger charge is -2.45. The highest BCUT2D eigenvalue weighted by atomic mass is 32.1. The SMILES string of the molecule is CC(C)(C)c1ccc(N2c3cc(C(C)(C)C)ccc3B3c4sc5c(c4N(c4ccc(C(C)(C)C)cc4)c4cc(C(C)(C)C)cc2c43)-c2ccccc2C52c3ccccc3-c3ccccc32)cc1. The van der Waals surface area contributed by atoms with Gasteiger partial charge in [-0.3, -0.25) is 0 Å². The second-order valence-corrected chi connectivity index (χ2v) is 24.9. The van der Waals surface area contributed by atoms with Crippen molar-refractivity contribution >= 4 is 67.9 Å². The lowest BCUT2D eigenvalue weighted by molar-refractivity contribution is 0.589. The molecule has 0 fully saturated rings. The van der Waals surface area contributed by atoms with Crippen molar-refractivity contribution in [3.63, 3.8) is 0 Å². The molecule has 8 aromatic rings. The second kappa shape index (κ2) is 14.0. The van der Waals surface area contributed by atoms with Crippen molar-refractivity contribution in [2.75, 3.05) is 9.80 Å². The summed E-state index contributed by atoms with van der Waals surface area (Å²) in [6, 6.07) is 59.4. The van der Waals surface area contributed by atoms with E-state index in [1.54, 1.807) is 0 Å². The van der Waals surface area contributed by atoms with E-state index in [-0.39, 0.29) is 28.4 Å². The zero-order valence-electron chi connectivity index (χ0n) is 41.3. The Bertz CT molecular complexity index is 3300. The van der Waals surface area contributed by atoms with Crippen LogP contribution in [0.5, 0.6) is 0 Å². The summed E-state index contributed by atoms with van der Waals surface area (Å²) >= 11 is 2.07. The first-order valence-electron chi connectivity index (χ1n) is 24.4. The van der Waals surface area contributed by atoms with Gasteiger partial charge in [0.2, 0.25) is 0 Å². The Balaban J connectivity index is 1.24. The van der Waals surface area contributed by atoms with Gasteiger partial charge in [-0.25, -0.2) is 0 Å². The number of thiophene rings is 1. The van der Waals surface area contributed by atoms with Gasteiger partial charge in [0.05, 0.1) is 11.1 Å². The maximum Gasteiger partial charge on any atom is 0.264 e. The average molecular weight is 889 g/mol. The Labute approximate surface area is 403 Å². The van der Waals surface area contributed by atoms with Crippen LogP contribution in [0.4, 0.5) is 34.1 Å². The van der Waals surface area contributed by atoms with E-state index < -0.39 is 5.41 Å². The molecule has 2 aliphatic heterocycles. The predicted octanol–water partition coefficient (Wildman–Crippen LogP) is 15.4. The second-order valence-electron chi connectivity index (χ2n) is 23.8. The minimum absolute atomic E-state index is 0.0138. The maximum absolute atomic E-state index is 2.69. The Morgan fingerprint density at radius 2 is 0.836 bits per heavy atom. The topological polar surface area (TPSA) is 6.48 Å². The summed E-state index contributed by atoms with van der Waals surface area (Å²) in [5, 5.41) is 0. The third kappa shape index (κ3) is 5.94. The van der Waals surface area contributed by atoms with Crippen molar-refractivity contribution in [1.29, 1.82) is 0 Å². The number of nitrogens with zero attached hydrogens (tertiary/aromatic N) is 2. The van der Waals surface area contributed by atoms with Crippen molar-refractivity contribution in [3.05, 3.63) is 195 Å². The van der Waals surface area contributed by atoms with Crippen molar-refractivity contribution < 1.29 is 0 Å². The van der Waals surface area contributed by atoms with Gasteiger partial charge in [0.1, 0.15) is 0 Å². The lowest BCUT2D eigenvalue weighted by Crippen LogP contribution is -2.60. The van der Waals surface area contributed by atoms with Gasteiger partial charge in [-0.05, 0) is 131 Å². The molecular weight excluding hydrogens is 828 g/mol. The number of rotatable bonds is 2. The standard InChI is InChI=1S/C63H61BN2S/c1-59(2,3)38-25-30-42(31-26-38)65-51-35-40(61(7,8)9)29-34-50(51)64-55-52(65)36-41(62(10,11)12)37-53(55)66(43-32-27-39(28-33-43)60(4,5)6)56-54-46-21-15-18-24-49(46)63(57(54)67-58(56)64)47-22-16-13-19-44(47)45-20-14-17-23-48(45)63/h13-37H,1-12H3. The molecular formula is C63H61BN2S. The molecule has 0 N–H and O–H groups in total. The van der Waals surface area contributed by atoms with Crippen LogP contribution in [-0.4, -0.2) is 6.71 Å². The van der Waals surface area contributed by atoms with Crippen LogP contribution in [0.15, 0.2) is 152 Å². The average Bonchev–Trinajstić information content (AvgIpc) is 3.92. The van der Waals surface area contributed by atoms with Gasteiger partial charge in [0.25, 0.3) is 6.71 Å². The van der Waals surface area contributed by atoms with Crippen LogP contribution in [0.2, 0.25) is 0 Å². The fourth-order valence-electron chi connectivity index (χ4n) is 11.9. The molecule has 0 atom stereocenters. The Morgan fingerprint density at radius 3 is 1.34 bits per heavy atom. The molecule has 0 saturated carbocycles. The van der Waals surface area contributed by atoms with Gasteiger partial charge in [0.15, 0.2) is 0 Å². The van der Waals surface area contributed by atoms with Crippen LogP contribution < -0.4 is 25.5 Å². The van der Waals surface area contributed by atoms with Crippen LogP contribution in [-0.2, 0) is 27.1 Å². The maximum atomic E-state index is 2.69. The molecule has 2 nitrogen and oxygen atoms in total. The summed E-state index contributed by atoms with van der Waals surface area (Å²) < 4.78 is 1.42. The monoisotopic (exact) mass is 888 g/mol. The van der Waals surface area contributed by atoms with Crippen molar-refractivity contribution in [2.45, 2.75) is 110 Å². The summed E-state index contributed by atoms with van der Waals surface area (Å²) in [5.41, 5.74) is 24.7. The lowest BCUT2D eigenvalue weighted by atomic mass is 9.36. The summed E-state index contributed by atoms with van der Waals surface area (Å²) in [5.74, 6) is 0. The molecule has 0 unspecified atom stereocenters. The molecule has 7 aromatic carbocycles. The number of hydrogen-bond acceptors (Lipinski definition) is 3. The Kier molecular flexibility index (Phi) is 8.82.